The quantitative estimate of drug-likeness (QED) is 0.0321. The number of aliphatic carboxylic acids is 1. The Hall–Kier alpha value is -3.20. The number of carbonyl (C=O) groups is 4. The van der Waals surface area contributed by atoms with Crippen LogP contribution in [0.2, 0.25) is 0 Å². The molecule has 0 saturated carbocycles. The number of unbranched alkanes of at least 4 members (excludes halogenated alkanes) is 12. The Morgan fingerprint density at radius 2 is 1.25 bits per heavy atom. The maximum Gasteiger partial charge on any atom is 0.328 e. The van der Waals surface area contributed by atoms with Crippen LogP contribution in [-0.4, -0.2) is 59.3 Å². The number of nitrogens with one attached hydrogen (secondary N) is 2. The van der Waals surface area contributed by atoms with Crippen molar-refractivity contribution in [1.29, 1.82) is 0 Å². The van der Waals surface area contributed by atoms with Crippen LogP contribution in [0.25, 0.3) is 0 Å². The zero-order valence-electron chi connectivity index (χ0n) is 30.0. The average molecular weight is 675 g/mol. The van der Waals surface area contributed by atoms with Crippen molar-refractivity contribution < 1.29 is 34.1 Å². The molecule has 0 bridgehead atoms. The molecular weight excluding hydrogens is 608 g/mol. The summed E-state index contributed by atoms with van der Waals surface area (Å²) >= 11 is 0. The third-order valence-electron chi connectivity index (χ3n) is 7.79. The fraction of sp³-hybridized carbons (Fsp3) is 0.692. The van der Waals surface area contributed by atoms with Gasteiger partial charge in [0.2, 0.25) is 11.8 Å². The maximum atomic E-state index is 12.6. The Kier molecular flexibility index (Phi) is 31.4. The van der Waals surface area contributed by atoms with Crippen molar-refractivity contribution in [3.63, 3.8) is 0 Å². The molecule has 0 saturated heterocycles. The lowest BCUT2D eigenvalue weighted by Gasteiger charge is -2.15. The van der Waals surface area contributed by atoms with Gasteiger partial charge >= 0.3 is 11.9 Å². The number of hydrogen-bond acceptors (Lipinski definition) is 6. The molecule has 0 heterocycles. The van der Waals surface area contributed by atoms with Gasteiger partial charge in [0, 0.05) is 12.8 Å². The molecule has 4 N–H and O–H groups in total. The first-order chi connectivity index (χ1) is 23.3. The summed E-state index contributed by atoms with van der Waals surface area (Å²) in [6, 6.07) is -1.39. The Labute approximate surface area is 290 Å². The number of carboxylic acids is 1. The number of rotatable bonds is 32. The smallest absolute Gasteiger partial charge is 0.328 e. The summed E-state index contributed by atoms with van der Waals surface area (Å²) in [5.74, 6) is -2.46. The highest BCUT2D eigenvalue weighted by molar-refractivity contribution is 5.87. The normalized spacial score (nSPS) is 13.1. The minimum atomic E-state index is -1.39. The summed E-state index contributed by atoms with van der Waals surface area (Å²) in [4.78, 5) is 47.3. The van der Waals surface area contributed by atoms with Gasteiger partial charge in [0.15, 0.2) is 0 Å². The lowest BCUT2D eigenvalue weighted by Crippen LogP contribution is -2.47. The van der Waals surface area contributed by atoms with Gasteiger partial charge in [-0.25, -0.2) is 4.79 Å². The highest BCUT2D eigenvalue weighted by atomic mass is 16.5. The van der Waals surface area contributed by atoms with Crippen LogP contribution in [-0.2, 0) is 23.9 Å². The minimum Gasteiger partial charge on any atom is -0.480 e. The lowest BCUT2D eigenvalue weighted by molar-refractivity contribution is -0.147. The highest BCUT2D eigenvalue weighted by Crippen LogP contribution is 2.14. The largest absolute Gasteiger partial charge is 0.480 e. The first kappa shape index (κ1) is 44.8. The van der Waals surface area contributed by atoms with Crippen molar-refractivity contribution in [2.75, 3.05) is 13.2 Å². The fourth-order valence-corrected chi connectivity index (χ4v) is 4.93. The number of aliphatic hydroxyl groups excluding tert-OH is 1. The van der Waals surface area contributed by atoms with E-state index in [1.807, 2.05) is 6.08 Å². The van der Waals surface area contributed by atoms with Crippen molar-refractivity contribution in [3.05, 3.63) is 48.6 Å². The molecule has 9 nitrogen and oxygen atoms in total. The number of hydrogen-bond donors (Lipinski definition) is 4. The molecular formula is C39H66N2O7. The molecule has 0 aliphatic heterocycles. The number of allylic oxidation sites excluding steroid dienone is 7. The van der Waals surface area contributed by atoms with E-state index in [0.29, 0.717) is 12.8 Å². The van der Waals surface area contributed by atoms with Crippen molar-refractivity contribution >= 4 is 23.8 Å². The van der Waals surface area contributed by atoms with Crippen LogP contribution in [0.4, 0.5) is 0 Å². The van der Waals surface area contributed by atoms with Gasteiger partial charge in [0.1, 0.15) is 12.1 Å². The SMILES string of the molecule is CC/C=C\C/C=C\C/C=C\C(CCCCCCC(=O)NCC(=O)NC(CO)C(=O)O)OC(=O)CCCCCCC/C=C\CCCCCC. The van der Waals surface area contributed by atoms with Crippen molar-refractivity contribution in [2.45, 2.75) is 161 Å². The molecule has 2 amide bonds. The molecule has 48 heavy (non-hydrogen) atoms. The van der Waals surface area contributed by atoms with Crippen LogP contribution < -0.4 is 10.6 Å². The van der Waals surface area contributed by atoms with Crippen LogP contribution >= 0.6 is 0 Å². The summed E-state index contributed by atoms with van der Waals surface area (Å²) in [5.41, 5.74) is 0. The summed E-state index contributed by atoms with van der Waals surface area (Å²) in [6.45, 7) is 3.28. The van der Waals surface area contributed by atoms with Gasteiger partial charge in [-0.1, -0.05) is 108 Å². The van der Waals surface area contributed by atoms with E-state index in [4.69, 9.17) is 14.9 Å². The third kappa shape index (κ3) is 30.2. The van der Waals surface area contributed by atoms with Crippen LogP contribution in [0.1, 0.15) is 149 Å². The fourth-order valence-electron chi connectivity index (χ4n) is 4.93. The second-order valence-electron chi connectivity index (χ2n) is 12.3. The molecule has 0 aliphatic carbocycles. The molecule has 0 aromatic heterocycles. The zero-order chi connectivity index (χ0) is 35.5. The van der Waals surface area contributed by atoms with Crippen LogP contribution in [0.5, 0.6) is 0 Å². The van der Waals surface area contributed by atoms with Crippen LogP contribution in [0.3, 0.4) is 0 Å². The second kappa shape index (κ2) is 33.7. The first-order valence-corrected chi connectivity index (χ1v) is 18.5. The van der Waals surface area contributed by atoms with E-state index in [0.717, 1.165) is 70.6 Å². The van der Waals surface area contributed by atoms with Gasteiger partial charge in [0.05, 0.1) is 13.2 Å². The molecule has 2 atom stereocenters. The molecule has 0 spiro atoms. The summed E-state index contributed by atoms with van der Waals surface area (Å²) in [5, 5.41) is 22.5. The van der Waals surface area contributed by atoms with Gasteiger partial charge in [-0.15, -0.1) is 0 Å². The van der Waals surface area contributed by atoms with E-state index in [1.165, 1.54) is 44.9 Å². The first-order valence-electron chi connectivity index (χ1n) is 18.5. The number of carboxylic acid groups (broad SMARTS) is 1. The van der Waals surface area contributed by atoms with Crippen LogP contribution in [0, 0.1) is 0 Å². The van der Waals surface area contributed by atoms with E-state index in [-0.39, 0.29) is 30.9 Å². The van der Waals surface area contributed by atoms with Gasteiger partial charge < -0.3 is 25.6 Å². The molecule has 0 aromatic carbocycles. The zero-order valence-corrected chi connectivity index (χ0v) is 30.0. The van der Waals surface area contributed by atoms with Gasteiger partial charge in [-0.3, -0.25) is 14.4 Å². The topological polar surface area (TPSA) is 142 Å². The van der Waals surface area contributed by atoms with Crippen molar-refractivity contribution in [3.8, 4) is 0 Å². The summed E-state index contributed by atoms with van der Waals surface area (Å²) in [7, 11) is 0. The molecule has 274 valence electrons. The van der Waals surface area contributed by atoms with E-state index in [2.05, 4.69) is 67.0 Å². The Morgan fingerprint density at radius 3 is 1.90 bits per heavy atom. The second-order valence-corrected chi connectivity index (χ2v) is 12.3. The number of aliphatic hydroxyl groups is 1. The standard InChI is InChI=1S/C39H66N2O7/c1-3-5-7-9-11-13-14-15-16-17-19-21-27-31-38(45)48-34(28-24-20-18-12-10-8-6-4-2)29-25-22-23-26-30-36(43)40-32-37(44)41-35(33-42)39(46)47/h6,8,12-14,18,24,28,34-35,42H,3-5,7,9-11,15-17,19-23,25-27,29-33H2,1-2H3,(H,40,43)(H,41,44)(H,46,47)/b8-6-,14-13-,18-12-,28-24-. The third-order valence-corrected chi connectivity index (χ3v) is 7.79. The number of ether oxygens (including phenoxy) is 1. The molecule has 2 unspecified atom stereocenters. The van der Waals surface area contributed by atoms with Gasteiger partial charge in [0.25, 0.3) is 0 Å². The molecule has 0 aliphatic rings. The maximum absolute atomic E-state index is 12.6. The molecule has 9 heteroatoms. The highest BCUT2D eigenvalue weighted by Gasteiger charge is 2.18. The molecule has 0 radical (unpaired) electrons. The number of esters is 1. The van der Waals surface area contributed by atoms with Gasteiger partial charge in [-0.05, 0) is 76.7 Å². The Morgan fingerprint density at radius 1 is 0.667 bits per heavy atom. The van der Waals surface area contributed by atoms with E-state index in [9.17, 15) is 19.2 Å². The minimum absolute atomic E-state index is 0.148. The monoisotopic (exact) mass is 674 g/mol. The number of amides is 2. The summed E-state index contributed by atoms with van der Waals surface area (Å²) in [6.07, 6.45) is 37.3. The number of carbonyl (C=O) groups excluding carboxylic acids is 3. The predicted molar refractivity (Wildman–Crippen MR) is 194 cm³/mol. The lowest BCUT2D eigenvalue weighted by atomic mass is 10.1. The van der Waals surface area contributed by atoms with Crippen LogP contribution in [0.15, 0.2) is 48.6 Å². The van der Waals surface area contributed by atoms with E-state index < -0.39 is 24.5 Å². The Balaban J connectivity index is 4.38. The Bertz CT molecular complexity index is 958. The van der Waals surface area contributed by atoms with E-state index in [1.54, 1.807) is 0 Å². The summed E-state index contributed by atoms with van der Waals surface area (Å²) < 4.78 is 5.84. The van der Waals surface area contributed by atoms with E-state index >= 15 is 0 Å². The average Bonchev–Trinajstić information content (AvgIpc) is 3.07. The predicted octanol–water partition coefficient (Wildman–Crippen LogP) is 8.03. The van der Waals surface area contributed by atoms with Gasteiger partial charge in [-0.2, -0.15) is 0 Å². The van der Waals surface area contributed by atoms with Crippen molar-refractivity contribution in [2.24, 2.45) is 0 Å². The molecule has 0 aromatic rings. The molecule has 0 fully saturated rings. The van der Waals surface area contributed by atoms with Crippen molar-refractivity contribution in [1.82, 2.24) is 10.6 Å². The molecule has 0 rings (SSSR count).